The largest absolute Gasteiger partial charge is 0.252 e. The number of nitrogens with zero attached hydrogens (tertiary/aromatic N) is 2. The number of anilines is 1. The number of aromatic nitrogens is 1. The van der Waals surface area contributed by atoms with E-state index in [1.54, 1.807) is 22.7 Å². The summed E-state index contributed by atoms with van der Waals surface area (Å²) in [6.07, 6.45) is 0.893. The SMILES string of the molecule is CC/C(=N/Nc1nc(-c2ccccc2)cs1)c1cccs1. The van der Waals surface area contributed by atoms with Crippen molar-refractivity contribution in [2.45, 2.75) is 13.3 Å². The maximum atomic E-state index is 4.57. The molecule has 21 heavy (non-hydrogen) atoms. The number of thiophene rings is 1. The zero-order chi connectivity index (χ0) is 14.5. The van der Waals surface area contributed by atoms with Crippen molar-refractivity contribution in [3.05, 3.63) is 58.1 Å². The fourth-order valence-electron chi connectivity index (χ4n) is 1.93. The molecule has 0 fully saturated rings. The quantitative estimate of drug-likeness (QED) is 0.526. The molecule has 3 nitrogen and oxygen atoms in total. The molecule has 0 atom stereocenters. The van der Waals surface area contributed by atoms with Crippen molar-refractivity contribution in [2.24, 2.45) is 5.10 Å². The van der Waals surface area contributed by atoms with Gasteiger partial charge >= 0.3 is 0 Å². The Morgan fingerprint density at radius 2 is 2.00 bits per heavy atom. The lowest BCUT2D eigenvalue weighted by Crippen LogP contribution is -2.00. The van der Waals surface area contributed by atoms with E-state index in [4.69, 9.17) is 0 Å². The Morgan fingerprint density at radius 1 is 1.14 bits per heavy atom. The van der Waals surface area contributed by atoms with E-state index in [9.17, 15) is 0 Å². The molecule has 0 unspecified atom stereocenters. The van der Waals surface area contributed by atoms with Crippen LogP contribution in [0, 0.1) is 0 Å². The van der Waals surface area contributed by atoms with Gasteiger partial charge in [0.15, 0.2) is 0 Å². The molecule has 5 heteroatoms. The molecule has 0 amide bonds. The molecule has 3 aromatic rings. The highest BCUT2D eigenvalue weighted by Crippen LogP contribution is 2.24. The number of benzene rings is 1. The van der Waals surface area contributed by atoms with Crippen LogP contribution < -0.4 is 5.43 Å². The van der Waals surface area contributed by atoms with Crippen LogP contribution in [0.4, 0.5) is 5.13 Å². The Balaban J connectivity index is 1.76. The zero-order valence-corrected chi connectivity index (χ0v) is 13.2. The first kappa shape index (κ1) is 14.0. The summed E-state index contributed by atoms with van der Waals surface area (Å²) in [6, 6.07) is 14.3. The highest BCUT2D eigenvalue weighted by atomic mass is 32.1. The minimum absolute atomic E-state index is 0.816. The third-order valence-corrected chi connectivity index (χ3v) is 4.67. The third-order valence-electron chi connectivity index (χ3n) is 3.00. The molecule has 0 radical (unpaired) electrons. The van der Waals surface area contributed by atoms with Gasteiger partial charge in [0.25, 0.3) is 0 Å². The molecule has 0 saturated heterocycles. The number of thiazole rings is 1. The van der Waals surface area contributed by atoms with Gasteiger partial charge in [-0.05, 0) is 17.9 Å². The van der Waals surface area contributed by atoms with Gasteiger partial charge in [-0.1, -0.05) is 43.3 Å². The van der Waals surface area contributed by atoms with Gasteiger partial charge in [-0.15, -0.1) is 22.7 Å². The summed E-state index contributed by atoms with van der Waals surface area (Å²) in [4.78, 5) is 5.77. The van der Waals surface area contributed by atoms with Crippen LogP contribution >= 0.6 is 22.7 Å². The molecule has 1 aromatic carbocycles. The average Bonchev–Trinajstić information content (AvgIpc) is 3.20. The molecule has 0 bridgehead atoms. The first-order valence-corrected chi connectivity index (χ1v) is 8.50. The lowest BCUT2D eigenvalue weighted by Gasteiger charge is -2.00. The first-order chi connectivity index (χ1) is 10.4. The Bertz CT molecular complexity index is 715. The van der Waals surface area contributed by atoms with Gasteiger partial charge in [-0.3, -0.25) is 5.43 Å². The third kappa shape index (κ3) is 3.37. The van der Waals surface area contributed by atoms with Gasteiger partial charge in [0.1, 0.15) is 0 Å². The molecule has 0 aliphatic rings. The number of rotatable bonds is 5. The lowest BCUT2D eigenvalue weighted by atomic mass is 10.2. The first-order valence-electron chi connectivity index (χ1n) is 6.74. The second-order valence-corrected chi connectivity index (χ2v) is 6.21. The monoisotopic (exact) mass is 313 g/mol. The van der Waals surface area contributed by atoms with Crippen molar-refractivity contribution in [2.75, 3.05) is 5.43 Å². The highest BCUT2D eigenvalue weighted by molar-refractivity contribution is 7.14. The predicted octanol–water partition coefficient (Wildman–Crippen LogP) is 5.10. The molecular weight excluding hydrogens is 298 g/mol. The van der Waals surface area contributed by atoms with Crippen molar-refractivity contribution < 1.29 is 0 Å². The molecule has 2 heterocycles. The molecule has 2 aromatic heterocycles. The maximum Gasteiger partial charge on any atom is 0.203 e. The average molecular weight is 313 g/mol. The molecule has 3 rings (SSSR count). The molecule has 106 valence electrons. The van der Waals surface area contributed by atoms with Crippen molar-refractivity contribution in [3.63, 3.8) is 0 Å². The highest BCUT2D eigenvalue weighted by Gasteiger charge is 2.05. The van der Waals surface area contributed by atoms with Crippen LogP contribution in [0.25, 0.3) is 11.3 Å². The van der Waals surface area contributed by atoms with E-state index >= 15 is 0 Å². The smallest absolute Gasteiger partial charge is 0.203 e. The number of hydrazone groups is 1. The molecule has 0 spiro atoms. The van der Waals surface area contributed by atoms with Gasteiger partial charge < -0.3 is 0 Å². The van der Waals surface area contributed by atoms with Gasteiger partial charge in [0.05, 0.1) is 16.3 Å². The van der Waals surface area contributed by atoms with Crippen LogP contribution in [0.15, 0.2) is 58.3 Å². The Labute approximate surface area is 132 Å². The minimum atomic E-state index is 0.816. The summed E-state index contributed by atoms with van der Waals surface area (Å²) >= 11 is 3.27. The molecule has 1 N–H and O–H groups in total. The second kappa shape index (κ2) is 6.65. The van der Waals surface area contributed by atoms with Crippen molar-refractivity contribution in [3.8, 4) is 11.3 Å². The Morgan fingerprint density at radius 3 is 2.71 bits per heavy atom. The number of nitrogens with one attached hydrogen (secondary N) is 1. The summed E-state index contributed by atoms with van der Waals surface area (Å²) in [6.45, 7) is 2.11. The minimum Gasteiger partial charge on any atom is -0.252 e. The van der Waals surface area contributed by atoms with E-state index in [1.807, 2.05) is 29.6 Å². The second-order valence-electron chi connectivity index (χ2n) is 4.41. The maximum absolute atomic E-state index is 4.57. The van der Waals surface area contributed by atoms with Crippen LogP contribution in [0.5, 0.6) is 0 Å². The fraction of sp³-hybridized carbons (Fsp3) is 0.125. The summed E-state index contributed by atoms with van der Waals surface area (Å²) in [7, 11) is 0. The number of hydrogen-bond acceptors (Lipinski definition) is 5. The van der Waals surface area contributed by atoms with E-state index < -0.39 is 0 Å². The van der Waals surface area contributed by atoms with E-state index in [0.29, 0.717) is 0 Å². The summed E-state index contributed by atoms with van der Waals surface area (Å²) in [5.74, 6) is 0. The summed E-state index contributed by atoms with van der Waals surface area (Å²) < 4.78 is 0. The van der Waals surface area contributed by atoms with Crippen molar-refractivity contribution in [1.29, 1.82) is 0 Å². The summed E-state index contributed by atoms with van der Waals surface area (Å²) in [5.41, 5.74) is 6.24. The topological polar surface area (TPSA) is 37.3 Å². The zero-order valence-electron chi connectivity index (χ0n) is 11.6. The van der Waals surface area contributed by atoms with Gasteiger partial charge in [0.2, 0.25) is 5.13 Å². The lowest BCUT2D eigenvalue weighted by molar-refractivity contribution is 1.21. The van der Waals surface area contributed by atoms with E-state index in [2.05, 4.69) is 46.0 Å². The van der Waals surface area contributed by atoms with Gasteiger partial charge in [-0.25, -0.2) is 4.98 Å². The molecular formula is C16H15N3S2. The number of hydrogen-bond donors (Lipinski definition) is 1. The van der Waals surface area contributed by atoms with Crippen LogP contribution in [-0.4, -0.2) is 10.7 Å². The molecule has 0 saturated carbocycles. The summed E-state index contributed by atoms with van der Waals surface area (Å²) in [5, 5.41) is 9.42. The van der Waals surface area contributed by atoms with Crippen LogP contribution in [0.3, 0.4) is 0 Å². The van der Waals surface area contributed by atoms with Crippen LogP contribution in [0.2, 0.25) is 0 Å². The van der Waals surface area contributed by atoms with Crippen molar-refractivity contribution >= 4 is 33.5 Å². The van der Waals surface area contributed by atoms with Gasteiger partial charge in [0, 0.05) is 10.9 Å². The standard InChI is InChI=1S/C16H15N3S2/c1-2-13(15-9-6-10-20-15)18-19-16-17-14(11-21-16)12-7-4-3-5-8-12/h3-11H,2H2,1H3,(H,17,19)/b18-13-. The normalized spacial score (nSPS) is 11.6. The van der Waals surface area contributed by atoms with Gasteiger partial charge in [-0.2, -0.15) is 5.10 Å². The van der Waals surface area contributed by atoms with Crippen molar-refractivity contribution in [1.82, 2.24) is 4.98 Å². The predicted molar refractivity (Wildman–Crippen MR) is 92.3 cm³/mol. The van der Waals surface area contributed by atoms with Crippen LogP contribution in [-0.2, 0) is 0 Å². The Kier molecular flexibility index (Phi) is 4.43. The van der Waals surface area contributed by atoms with Crippen LogP contribution in [0.1, 0.15) is 18.2 Å². The molecule has 0 aliphatic carbocycles. The van der Waals surface area contributed by atoms with E-state index in [1.165, 1.54) is 4.88 Å². The van der Waals surface area contributed by atoms with E-state index in [0.717, 1.165) is 28.5 Å². The fourth-order valence-corrected chi connectivity index (χ4v) is 3.38. The van der Waals surface area contributed by atoms with E-state index in [-0.39, 0.29) is 0 Å². The molecule has 0 aliphatic heterocycles. The Hall–Kier alpha value is -1.98.